The second-order valence-corrected chi connectivity index (χ2v) is 4.77. The molecule has 3 rings (SSSR count). The standard InChI is InChI=1S/C14H17N5/c1-8-16-11-5-4-10(6-12(11)17-8)14-13(7-15)19(3)9(2)18-14/h4-6H,7,15H2,1-3H3,(H,16,17). The van der Waals surface area contributed by atoms with E-state index >= 15 is 0 Å². The van der Waals surface area contributed by atoms with Crippen LogP contribution in [0.3, 0.4) is 0 Å². The summed E-state index contributed by atoms with van der Waals surface area (Å²) in [6.07, 6.45) is 0. The van der Waals surface area contributed by atoms with Gasteiger partial charge < -0.3 is 15.3 Å². The summed E-state index contributed by atoms with van der Waals surface area (Å²) < 4.78 is 2.04. The maximum Gasteiger partial charge on any atom is 0.106 e. The molecule has 0 spiro atoms. The average molecular weight is 255 g/mol. The molecule has 5 nitrogen and oxygen atoms in total. The summed E-state index contributed by atoms with van der Waals surface area (Å²) >= 11 is 0. The molecule has 0 atom stereocenters. The van der Waals surface area contributed by atoms with Crippen LogP contribution in [0.25, 0.3) is 22.3 Å². The molecule has 0 aliphatic rings. The van der Waals surface area contributed by atoms with Gasteiger partial charge in [-0.2, -0.15) is 0 Å². The van der Waals surface area contributed by atoms with Crippen LogP contribution in [0.5, 0.6) is 0 Å². The van der Waals surface area contributed by atoms with Gasteiger partial charge in [-0.15, -0.1) is 0 Å². The van der Waals surface area contributed by atoms with E-state index in [1.807, 2.05) is 37.6 Å². The molecular weight excluding hydrogens is 238 g/mol. The predicted molar refractivity (Wildman–Crippen MR) is 75.7 cm³/mol. The van der Waals surface area contributed by atoms with Crippen molar-refractivity contribution in [2.75, 3.05) is 0 Å². The van der Waals surface area contributed by atoms with Crippen LogP contribution in [-0.2, 0) is 13.6 Å². The SMILES string of the molecule is Cc1nc2ccc(-c3nc(C)n(C)c3CN)cc2[nH]1. The van der Waals surface area contributed by atoms with Crippen molar-refractivity contribution in [2.24, 2.45) is 12.8 Å². The molecular formula is C14H17N5. The number of hydrogen-bond acceptors (Lipinski definition) is 3. The number of nitrogens with two attached hydrogens (primary N) is 1. The number of benzene rings is 1. The number of aromatic nitrogens is 4. The molecule has 0 saturated carbocycles. The first-order valence-electron chi connectivity index (χ1n) is 6.29. The molecule has 3 N–H and O–H groups in total. The minimum absolute atomic E-state index is 0.479. The lowest BCUT2D eigenvalue weighted by atomic mass is 10.1. The lowest BCUT2D eigenvalue weighted by molar-refractivity contribution is 0.789. The Hall–Kier alpha value is -2.14. The van der Waals surface area contributed by atoms with Crippen molar-refractivity contribution in [3.05, 3.63) is 35.5 Å². The number of rotatable bonds is 2. The van der Waals surface area contributed by atoms with Crippen molar-refractivity contribution in [1.82, 2.24) is 19.5 Å². The maximum absolute atomic E-state index is 5.84. The highest BCUT2D eigenvalue weighted by Crippen LogP contribution is 2.26. The molecule has 0 fully saturated rings. The van der Waals surface area contributed by atoms with Gasteiger partial charge in [-0.05, 0) is 26.0 Å². The van der Waals surface area contributed by atoms with Crippen molar-refractivity contribution >= 4 is 11.0 Å². The van der Waals surface area contributed by atoms with E-state index in [-0.39, 0.29) is 0 Å². The Morgan fingerprint density at radius 2 is 2.05 bits per heavy atom. The normalized spacial score (nSPS) is 11.4. The second kappa shape index (κ2) is 4.20. The maximum atomic E-state index is 5.84. The number of fused-ring (bicyclic) bond motifs is 1. The third-order valence-corrected chi connectivity index (χ3v) is 3.50. The monoisotopic (exact) mass is 255 g/mol. The molecule has 0 saturated heterocycles. The summed E-state index contributed by atoms with van der Waals surface area (Å²) in [7, 11) is 1.99. The molecule has 0 unspecified atom stereocenters. The lowest BCUT2D eigenvalue weighted by Gasteiger charge is -2.03. The Kier molecular flexibility index (Phi) is 2.64. The Morgan fingerprint density at radius 3 is 2.79 bits per heavy atom. The van der Waals surface area contributed by atoms with Gasteiger partial charge in [-0.1, -0.05) is 6.07 Å². The molecule has 5 heteroatoms. The summed E-state index contributed by atoms with van der Waals surface area (Å²) in [5, 5.41) is 0. The number of imidazole rings is 2. The van der Waals surface area contributed by atoms with Crippen molar-refractivity contribution in [3.63, 3.8) is 0 Å². The van der Waals surface area contributed by atoms with Gasteiger partial charge in [0.2, 0.25) is 0 Å². The third-order valence-electron chi connectivity index (χ3n) is 3.50. The zero-order valence-electron chi connectivity index (χ0n) is 11.4. The fraction of sp³-hybridized carbons (Fsp3) is 0.286. The van der Waals surface area contributed by atoms with E-state index in [4.69, 9.17) is 5.73 Å². The van der Waals surface area contributed by atoms with Crippen molar-refractivity contribution in [2.45, 2.75) is 20.4 Å². The summed E-state index contributed by atoms with van der Waals surface area (Å²) in [6.45, 7) is 4.42. The largest absolute Gasteiger partial charge is 0.342 e. The zero-order valence-corrected chi connectivity index (χ0v) is 11.4. The Bertz CT molecular complexity index is 751. The molecule has 0 amide bonds. The van der Waals surface area contributed by atoms with E-state index in [1.165, 1.54) is 0 Å². The van der Waals surface area contributed by atoms with Crippen LogP contribution in [-0.4, -0.2) is 19.5 Å². The minimum Gasteiger partial charge on any atom is -0.342 e. The van der Waals surface area contributed by atoms with E-state index in [1.54, 1.807) is 0 Å². The van der Waals surface area contributed by atoms with E-state index in [2.05, 4.69) is 21.0 Å². The van der Waals surface area contributed by atoms with Crippen molar-refractivity contribution < 1.29 is 0 Å². The van der Waals surface area contributed by atoms with E-state index in [0.717, 1.165) is 39.6 Å². The molecule has 1 aromatic carbocycles. The number of nitrogens with zero attached hydrogens (tertiary/aromatic N) is 3. The highest BCUT2D eigenvalue weighted by molar-refractivity contribution is 5.81. The molecule has 0 aliphatic heterocycles. The molecule has 2 heterocycles. The van der Waals surface area contributed by atoms with Crippen LogP contribution in [0.1, 0.15) is 17.3 Å². The van der Waals surface area contributed by atoms with Gasteiger partial charge in [0.15, 0.2) is 0 Å². The topological polar surface area (TPSA) is 72.5 Å². The second-order valence-electron chi connectivity index (χ2n) is 4.77. The van der Waals surface area contributed by atoms with Crippen molar-refractivity contribution in [1.29, 1.82) is 0 Å². The van der Waals surface area contributed by atoms with Crippen LogP contribution in [0, 0.1) is 13.8 Å². The number of aromatic amines is 1. The first kappa shape index (κ1) is 11.9. The van der Waals surface area contributed by atoms with Gasteiger partial charge in [0.1, 0.15) is 11.6 Å². The van der Waals surface area contributed by atoms with Gasteiger partial charge >= 0.3 is 0 Å². The average Bonchev–Trinajstić information content (AvgIpc) is 2.89. The molecule has 0 radical (unpaired) electrons. The quantitative estimate of drug-likeness (QED) is 0.736. The fourth-order valence-electron chi connectivity index (χ4n) is 2.40. The zero-order chi connectivity index (χ0) is 13.6. The molecule has 98 valence electrons. The van der Waals surface area contributed by atoms with Gasteiger partial charge in [-0.25, -0.2) is 9.97 Å². The number of nitrogens with one attached hydrogen (secondary N) is 1. The molecule has 0 aliphatic carbocycles. The molecule has 0 bridgehead atoms. The van der Waals surface area contributed by atoms with E-state index in [9.17, 15) is 0 Å². The first-order chi connectivity index (χ1) is 9.10. The van der Waals surface area contributed by atoms with E-state index in [0.29, 0.717) is 6.54 Å². The Morgan fingerprint density at radius 1 is 1.26 bits per heavy atom. The molecule has 3 aromatic rings. The summed E-state index contributed by atoms with van der Waals surface area (Å²) in [5.41, 5.74) is 10.9. The van der Waals surface area contributed by atoms with Crippen molar-refractivity contribution in [3.8, 4) is 11.3 Å². The third kappa shape index (κ3) is 1.82. The Balaban J connectivity index is 2.21. The first-order valence-corrected chi connectivity index (χ1v) is 6.29. The van der Waals surface area contributed by atoms with Gasteiger partial charge in [0.25, 0.3) is 0 Å². The van der Waals surface area contributed by atoms with Crippen LogP contribution in [0.2, 0.25) is 0 Å². The predicted octanol–water partition coefficient (Wildman–Crippen LogP) is 2.04. The summed E-state index contributed by atoms with van der Waals surface area (Å²) in [5.74, 6) is 1.89. The highest BCUT2D eigenvalue weighted by atomic mass is 15.1. The number of hydrogen-bond donors (Lipinski definition) is 2. The highest BCUT2D eigenvalue weighted by Gasteiger charge is 2.13. The lowest BCUT2D eigenvalue weighted by Crippen LogP contribution is -2.05. The molecule has 2 aromatic heterocycles. The smallest absolute Gasteiger partial charge is 0.106 e. The minimum atomic E-state index is 0.479. The molecule has 19 heavy (non-hydrogen) atoms. The van der Waals surface area contributed by atoms with Crippen LogP contribution in [0.15, 0.2) is 18.2 Å². The van der Waals surface area contributed by atoms with Crippen LogP contribution in [0.4, 0.5) is 0 Å². The van der Waals surface area contributed by atoms with Crippen LogP contribution >= 0.6 is 0 Å². The number of H-pyrrole nitrogens is 1. The van der Waals surface area contributed by atoms with Gasteiger partial charge in [0.05, 0.1) is 22.4 Å². The van der Waals surface area contributed by atoms with Gasteiger partial charge in [0, 0.05) is 19.2 Å². The van der Waals surface area contributed by atoms with E-state index < -0.39 is 0 Å². The Labute approximate surface area is 111 Å². The number of aryl methyl sites for hydroxylation is 2. The fourth-order valence-corrected chi connectivity index (χ4v) is 2.40. The summed E-state index contributed by atoms with van der Waals surface area (Å²) in [4.78, 5) is 12.3. The summed E-state index contributed by atoms with van der Waals surface area (Å²) in [6, 6.07) is 6.14. The van der Waals surface area contributed by atoms with Crippen LogP contribution < -0.4 is 5.73 Å². The van der Waals surface area contributed by atoms with Gasteiger partial charge in [-0.3, -0.25) is 0 Å².